The summed E-state index contributed by atoms with van der Waals surface area (Å²) in [4.78, 5) is 26.4. The van der Waals surface area contributed by atoms with Gasteiger partial charge in [-0.05, 0) is 36.6 Å². The van der Waals surface area contributed by atoms with Gasteiger partial charge in [-0.15, -0.1) is 0 Å². The van der Waals surface area contributed by atoms with Crippen LogP contribution in [-0.4, -0.2) is 44.9 Å². The van der Waals surface area contributed by atoms with Gasteiger partial charge in [0.2, 0.25) is 10.0 Å². The van der Waals surface area contributed by atoms with E-state index in [9.17, 15) is 18.0 Å². The molecular formula is C23H28N2O5S. The van der Waals surface area contributed by atoms with Gasteiger partial charge in [-0.1, -0.05) is 55.7 Å². The molecule has 31 heavy (non-hydrogen) atoms. The maximum Gasteiger partial charge on any atom is 0.338 e. The minimum absolute atomic E-state index is 0.0384. The van der Waals surface area contributed by atoms with E-state index in [1.165, 1.54) is 30.7 Å². The van der Waals surface area contributed by atoms with E-state index >= 15 is 0 Å². The normalized spacial score (nSPS) is 14.7. The third kappa shape index (κ3) is 6.38. The molecule has 0 atom stereocenters. The van der Waals surface area contributed by atoms with Crippen LogP contribution >= 0.6 is 0 Å². The van der Waals surface area contributed by atoms with Crippen molar-refractivity contribution in [2.75, 3.05) is 13.7 Å². The maximum atomic E-state index is 12.6. The Kier molecular flexibility index (Phi) is 7.81. The topological polar surface area (TPSA) is 92.8 Å². The summed E-state index contributed by atoms with van der Waals surface area (Å²) in [6.07, 6.45) is 5.31. The van der Waals surface area contributed by atoms with E-state index in [4.69, 9.17) is 4.74 Å². The molecular weight excluding hydrogens is 416 g/mol. The first kappa shape index (κ1) is 23.0. The predicted molar refractivity (Wildman–Crippen MR) is 117 cm³/mol. The standard InChI is InChI=1S/C23H28N2O5S/c1-25(20-12-6-3-7-13-20)22(26)17-30-23(27)19-11-8-14-21(15-19)31(28,29)24-16-18-9-4-2-5-10-18/h2,4-5,8-11,14-15,20,24H,3,6-7,12-13,16-17H2,1H3. The quantitative estimate of drug-likeness (QED) is 0.632. The van der Waals surface area contributed by atoms with E-state index < -0.39 is 16.0 Å². The molecule has 1 aliphatic rings. The Morgan fingerprint density at radius 1 is 1.03 bits per heavy atom. The zero-order valence-corrected chi connectivity index (χ0v) is 18.4. The van der Waals surface area contributed by atoms with Crippen molar-refractivity contribution < 1.29 is 22.7 Å². The number of ether oxygens (including phenoxy) is 1. The Morgan fingerprint density at radius 3 is 2.45 bits per heavy atom. The zero-order valence-electron chi connectivity index (χ0n) is 17.6. The van der Waals surface area contributed by atoms with Gasteiger partial charge in [0, 0.05) is 19.6 Å². The van der Waals surface area contributed by atoms with E-state index in [0.717, 1.165) is 31.2 Å². The van der Waals surface area contributed by atoms with Crippen molar-refractivity contribution in [2.24, 2.45) is 0 Å². The van der Waals surface area contributed by atoms with Crippen molar-refractivity contribution >= 4 is 21.9 Å². The number of amides is 1. The van der Waals surface area contributed by atoms with Crippen LogP contribution in [0.1, 0.15) is 48.0 Å². The number of nitrogens with zero attached hydrogens (tertiary/aromatic N) is 1. The number of nitrogens with one attached hydrogen (secondary N) is 1. The van der Waals surface area contributed by atoms with Crippen molar-refractivity contribution in [2.45, 2.75) is 49.6 Å². The third-order valence-electron chi connectivity index (χ3n) is 5.53. The van der Waals surface area contributed by atoms with Crippen LogP contribution in [0.4, 0.5) is 0 Å². The first-order valence-corrected chi connectivity index (χ1v) is 11.9. The molecule has 1 aliphatic carbocycles. The second kappa shape index (κ2) is 10.5. The van der Waals surface area contributed by atoms with Crippen LogP contribution in [0.3, 0.4) is 0 Å². The summed E-state index contributed by atoms with van der Waals surface area (Å²) in [5.74, 6) is -0.987. The van der Waals surface area contributed by atoms with Crippen LogP contribution in [0.2, 0.25) is 0 Å². The van der Waals surface area contributed by atoms with Crippen LogP contribution in [0.15, 0.2) is 59.5 Å². The molecule has 2 aromatic carbocycles. The number of carbonyl (C=O) groups excluding carboxylic acids is 2. The Balaban J connectivity index is 1.58. The SMILES string of the molecule is CN(C(=O)COC(=O)c1cccc(S(=O)(=O)NCc2ccccc2)c1)C1CCCCC1. The third-order valence-corrected chi connectivity index (χ3v) is 6.93. The molecule has 0 aliphatic heterocycles. The van der Waals surface area contributed by atoms with Gasteiger partial charge in [-0.3, -0.25) is 4.79 Å². The first-order valence-electron chi connectivity index (χ1n) is 10.4. The van der Waals surface area contributed by atoms with E-state index in [0.29, 0.717) is 0 Å². The molecule has 0 unspecified atom stereocenters. The fourth-order valence-corrected chi connectivity index (χ4v) is 4.70. The van der Waals surface area contributed by atoms with Crippen molar-refractivity contribution in [3.05, 3.63) is 65.7 Å². The number of hydrogen-bond donors (Lipinski definition) is 1. The highest BCUT2D eigenvalue weighted by Crippen LogP contribution is 2.21. The summed E-state index contributed by atoms with van der Waals surface area (Å²) >= 11 is 0. The lowest BCUT2D eigenvalue weighted by atomic mass is 9.94. The highest BCUT2D eigenvalue weighted by Gasteiger charge is 2.23. The monoisotopic (exact) mass is 444 g/mol. The average Bonchev–Trinajstić information content (AvgIpc) is 2.82. The second-order valence-electron chi connectivity index (χ2n) is 7.71. The van der Waals surface area contributed by atoms with E-state index in [1.54, 1.807) is 11.9 Å². The highest BCUT2D eigenvalue weighted by molar-refractivity contribution is 7.89. The van der Waals surface area contributed by atoms with Crippen LogP contribution in [0, 0.1) is 0 Å². The van der Waals surface area contributed by atoms with Crippen molar-refractivity contribution in [3.63, 3.8) is 0 Å². The zero-order chi connectivity index (χ0) is 22.3. The summed E-state index contributed by atoms with van der Waals surface area (Å²) in [6.45, 7) is -0.227. The van der Waals surface area contributed by atoms with Gasteiger partial charge in [-0.2, -0.15) is 0 Å². The average molecular weight is 445 g/mol. The molecule has 1 amide bonds. The van der Waals surface area contributed by atoms with Gasteiger partial charge in [0.1, 0.15) is 0 Å². The number of sulfonamides is 1. The van der Waals surface area contributed by atoms with Crippen molar-refractivity contribution in [3.8, 4) is 0 Å². The number of rotatable bonds is 8. The summed E-state index contributed by atoms with van der Waals surface area (Å²) in [6, 6.07) is 14.9. The van der Waals surface area contributed by atoms with Gasteiger partial charge < -0.3 is 9.64 Å². The molecule has 0 heterocycles. The largest absolute Gasteiger partial charge is 0.452 e. The lowest BCUT2D eigenvalue weighted by Gasteiger charge is -2.31. The number of esters is 1. The fraction of sp³-hybridized carbons (Fsp3) is 0.391. The predicted octanol–water partition coefficient (Wildman–Crippen LogP) is 3.11. The lowest BCUT2D eigenvalue weighted by molar-refractivity contribution is -0.135. The number of hydrogen-bond acceptors (Lipinski definition) is 5. The van der Waals surface area contributed by atoms with Crippen LogP contribution in [-0.2, 0) is 26.1 Å². The first-order chi connectivity index (χ1) is 14.9. The highest BCUT2D eigenvalue weighted by atomic mass is 32.2. The van der Waals surface area contributed by atoms with Crippen molar-refractivity contribution in [1.82, 2.24) is 9.62 Å². The van der Waals surface area contributed by atoms with Crippen LogP contribution in [0.5, 0.6) is 0 Å². The summed E-state index contributed by atoms with van der Waals surface area (Å²) in [7, 11) is -2.07. The fourth-order valence-electron chi connectivity index (χ4n) is 3.63. The van der Waals surface area contributed by atoms with Gasteiger partial charge in [0.15, 0.2) is 6.61 Å². The number of benzene rings is 2. The number of carbonyl (C=O) groups is 2. The molecule has 0 aromatic heterocycles. The molecule has 2 aromatic rings. The minimum atomic E-state index is -3.81. The lowest BCUT2D eigenvalue weighted by Crippen LogP contribution is -2.40. The molecule has 166 valence electrons. The summed E-state index contributed by atoms with van der Waals surface area (Å²) in [5, 5.41) is 0. The molecule has 0 bridgehead atoms. The van der Waals surface area contributed by atoms with E-state index in [-0.39, 0.29) is 35.6 Å². The minimum Gasteiger partial charge on any atom is -0.452 e. The van der Waals surface area contributed by atoms with Gasteiger partial charge >= 0.3 is 5.97 Å². The van der Waals surface area contributed by atoms with E-state index in [1.807, 2.05) is 30.3 Å². The van der Waals surface area contributed by atoms with Gasteiger partial charge in [0.25, 0.3) is 5.91 Å². The smallest absolute Gasteiger partial charge is 0.338 e. The number of likely N-dealkylation sites (N-methyl/N-ethyl adjacent to an activating group) is 1. The Morgan fingerprint density at radius 2 is 1.74 bits per heavy atom. The molecule has 1 fully saturated rings. The second-order valence-corrected chi connectivity index (χ2v) is 9.48. The van der Waals surface area contributed by atoms with Gasteiger partial charge in [0.05, 0.1) is 10.5 Å². The van der Waals surface area contributed by atoms with Crippen LogP contribution in [0.25, 0.3) is 0 Å². The molecule has 0 radical (unpaired) electrons. The summed E-state index contributed by atoms with van der Waals surface area (Å²) in [5.41, 5.74) is 0.901. The molecule has 1 saturated carbocycles. The molecule has 8 heteroatoms. The van der Waals surface area contributed by atoms with E-state index in [2.05, 4.69) is 4.72 Å². The molecule has 7 nitrogen and oxygen atoms in total. The van der Waals surface area contributed by atoms with Gasteiger partial charge in [-0.25, -0.2) is 17.9 Å². The van der Waals surface area contributed by atoms with Crippen LogP contribution < -0.4 is 4.72 Å². The molecule has 3 rings (SSSR count). The Bertz CT molecular complexity index is 1000. The Hall–Kier alpha value is -2.71. The molecule has 0 saturated heterocycles. The maximum absolute atomic E-state index is 12.6. The summed E-state index contributed by atoms with van der Waals surface area (Å²) < 4.78 is 32.8. The van der Waals surface area contributed by atoms with Crippen molar-refractivity contribution in [1.29, 1.82) is 0 Å². The Labute approximate surface area is 183 Å². The molecule has 0 spiro atoms. The molecule has 1 N–H and O–H groups in total.